The van der Waals surface area contributed by atoms with Crippen LogP contribution in [-0.2, 0) is 23.0 Å². The molecule has 0 bridgehead atoms. The average molecular weight is 244 g/mol. The Morgan fingerprint density at radius 1 is 1.62 bits per heavy atom. The van der Waals surface area contributed by atoms with E-state index in [-0.39, 0.29) is 24.3 Å². The largest absolute Gasteiger partial charge is 1.00 e. The minimum Gasteiger partial charge on any atom is -1.00 e. The Bertz CT molecular complexity index is 365. The highest BCUT2D eigenvalue weighted by Gasteiger charge is 2.35. The summed E-state index contributed by atoms with van der Waals surface area (Å²) < 4.78 is 7.08. The van der Waals surface area contributed by atoms with Crippen LogP contribution in [0.4, 0.5) is 0 Å². The number of esters is 1. The smallest absolute Gasteiger partial charge is 0.309 e. The molecule has 0 aliphatic carbocycles. The van der Waals surface area contributed by atoms with Crippen molar-refractivity contribution >= 4 is 5.97 Å². The molecule has 0 spiro atoms. The van der Waals surface area contributed by atoms with Gasteiger partial charge in [-0.3, -0.25) is 4.79 Å². The van der Waals surface area contributed by atoms with Crippen LogP contribution >= 0.6 is 0 Å². The van der Waals surface area contributed by atoms with Crippen LogP contribution in [0.25, 0.3) is 0 Å². The van der Waals surface area contributed by atoms with Crippen molar-refractivity contribution in [2.24, 2.45) is 18.9 Å². The molecule has 16 heavy (non-hydrogen) atoms. The summed E-state index contributed by atoms with van der Waals surface area (Å²) in [6.07, 6.45) is 5.38. The molecule has 1 aliphatic rings. The lowest BCUT2D eigenvalue weighted by atomic mass is 9.89. The van der Waals surface area contributed by atoms with Crippen LogP contribution in [0.5, 0.6) is 0 Å². The van der Waals surface area contributed by atoms with Crippen molar-refractivity contribution in [3.05, 3.63) is 18.2 Å². The Morgan fingerprint density at radius 3 is 2.94 bits per heavy atom. The van der Waals surface area contributed by atoms with E-state index in [4.69, 9.17) is 4.74 Å². The number of hydrogen-bond donors (Lipinski definition) is 0. The van der Waals surface area contributed by atoms with Crippen molar-refractivity contribution in [3.63, 3.8) is 0 Å². The average Bonchev–Trinajstić information content (AvgIpc) is 2.76. The van der Waals surface area contributed by atoms with Gasteiger partial charge in [0.05, 0.1) is 18.9 Å². The molecular formula is C11H16ClN2O2-. The van der Waals surface area contributed by atoms with Crippen LogP contribution in [0.3, 0.4) is 0 Å². The zero-order valence-electron chi connectivity index (χ0n) is 9.52. The summed E-state index contributed by atoms with van der Waals surface area (Å²) in [5, 5.41) is 0. The number of carbonyl (C=O) groups excluding carboxylic acids is 1. The van der Waals surface area contributed by atoms with Crippen molar-refractivity contribution in [3.8, 4) is 0 Å². The predicted molar refractivity (Wildman–Crippen MR) is 55.1 cm³/mol. The third-order valence-electron chi connectivity index (χ3n) is 3.14. The maximum Gasteiger partial charge on any atom is 0.309 e. The van der Waals surface area contributed by atoms with Crippen LogP contribution < -0.4 is 12.4 Å². The highest BCUT2D eigenvalue weighted by atomic mass is 35.5. The molecule has 2 heterocycles. The van der Waals surface area contributed by atoms with Crippen molar-refractivity contribution in [1.29, 1.82) is 0 Å². The summed E-state index contributed by atoms with van der Waals surface area (Å²) in [5.41, 5.74) is 1.16. The van der Waals surface area contributed by atoms with Crippen LogP contribution in [0, 0.1) is 11.8 Å². The van der Waals surface area contributed by atoms with E-state index in [0.29, 0.717) is 12.5 Å². The Hall–Kier alpha value is -1.03. The van der Waals surface area contributed by atoms with Gasteiger partial charge in [-0.2, -0.15) is 0 Å². The molecule has 4 nitrogen and oxygen atoms in total. The summed E-state index contributed by atoms with van der Waals surface area (Å²) in [6, 6.07) is 0. The van der Waals surface area contributed by atoms with Crippen molar-refractivity contribution in [1.82, 2.24) is 9.55 Å². The van der Waals surface area contributed by atoms with Gasteiger partial charge in [0.2, 0.25) is 0 Å². The molecule has 1 aromatic rings. The monoisotopic (exact) mass is 243 g/mol. The number of aromatic nitrogens is 2. The molecule has 0 saturated carbocycles. The molecule has 1 aromatic heterocycles. The minimum absolute atomic E-state index is 0. The summed E-state index contributed by atoms with van der Waals surface area (Å²) in [7, 11) is 1.97. The van der Waals surface area contributed by atoms with E-state index in [1.54, 1.807) is 6.33 Å². The van der Waals surface area contributed by atoms with E-state index in [1.807, 2.05) is 24.7 Å². The Balaban J connectivity index is 0.00000128. The Kier molecular flexibility index (Phi) is 4.35. The molecule has 0 radical (unpaired) electrons. The number of carbonyl (C=O) groups is 1. The lowest BCUT2D eigenvalue weighted by molar-refractivity contribution is -0.141. The first kappa shape index (κ1) is 13.0. The van der Waals surface area contributed by atoms with Crippen molar-refractivity contribution in [2.75, 3.05) is 6.61 Å². The zero-order chi connectivity index (χ0) is 10.8. The SMILES string of the molecule is CCC1C(=O)OCC1Cc1cncn1C.[Cl-]. The third kappa shape index (κ3) is 2.38. The second-order valence-electron chi connectivity index (χ2n) is 4.10. The molecule has 1 saturated heterocycles. The molecule has 0 amide bonds. The highest BCUT2D eigenvalue weighted by Crippen LogP contribution is 2.27. The number of hydrogen-bond acceptors (Lipinski definition) is 3. The second-order valence-corrected chi connectivity index (χ2v) is 4.10. The van der Waals surface area contributed by atoms with E-state index in [1.165, 1.54) is 0 Å². The van der Waals surface area contributed by atoms with Crippen LogP contribution in [0.1, 0.15) is 19.0 Å². The second kappa shape index (κ2) is 5.34. The lowest BCUT2D eigenvalue weighted by Gasteiger charge is -2.12. The van der Waals surface area contributed by atoms with Gasteiger partial charge in [0.15, 0.2) is 0 Å². The van der Waals surface area contributed by atoms with Gasteiger partial charge in [0, 0.05) is 24.9 Å². The maximum atomic E-state index is 11.4. The molecule has 1 aliphatic heterocycles. The summed E-state index contributed by atoms with van der Waals surface area (Å²) in [6.45, 7) is 2.59. The quantitative estimate of drug-likeness (QED) is 0.587. The van der Waals surface area contributed by atoms with Gasteiger partial charge in [-0.1, -0.05) is 6.92 Å². The molecule has 2 atom stereocenters. The number of imidazole rings is 1. The molecule has 0 N–H and O–H groups in total. The maximum absolute atomic E-state index is 11.4. The number of cyclic esters (lactones) is 1. The zero-order valence-corrected chi connectivity index (χ0v) is 10.3. The molecule has 2 rings (SSSR count). The highest BCUT2D eigenvalue weighted by molar-refractivity contribution is 5.74. The lowest BCUT2D eigenvalue weighted by Crippen LogP contribution is -3.00. The van der Waals surface area contributed by atoms with Gasteiger partial charge in [-0.15, -0.1) is 0 Å². The fourth-order valence-electron chi connectivity index (χ4n) is 2.16. The van der Waals surface area contributed by atoms with Crippen molar-refractivity contribution in [2.45, 2.75) is 19.8 Å². The van der Waals surface area contributed by atoms with Crippen LogP contribution in [0.15, 0.2) is 12.5 Å². The molecule has 2 unspecified atom stereocenters. The van der Waals surface area contributed by atoms with Gasteiger partial charge >= 0.3 is 5.97 Å². The first-order chi connectivity index (χ1) is 7.22. The number of halogens is 1. The van der Waals surface area contributed by atoms with E-state index in [9.17, 15) is 4.79 Å². The topological polar surface area (TPSA) is 44.1 Å². The normalized spacial score (nSPS) is 24.0. The predicted octanol–water partition coefficient (Wildman–Crippen LogP) is -1.83. The summed E-state index contributed by atoms with van der Waals surface area (Å²) in [4.78, 5) is 15.5. The Morgan fingerprint density at radius 2 is 2.38 bits per heavy atom. The van der Waals surface area contributed by atoms with Gasteiger partial charge < -0.3 is 21.7 Å². The standard InChI is InChI=1S/C11H16N2O2.ClH/c1-3-10-8(6-15-11(10)14)4-9-5-12-7-13(9)2;/h5,7-8,10H,3-4,6H2,1-2H3;1H/p-1. The number of rotatable bonds is 3. The molecule has 0 aromatic carbocycles. The van der Waals surface area contributed by atoms with Gasteiger partial charge in [0.1, 0.15) is 0 Å². The molecule has 1 fully saturated rings. The van der Waals surface area contributed by atoms with E-state index >= 15 is 0 Å². The van der Waals surface area contributed by atoms with Gasteiger partial charge in [-0.05, 0) is 12.8 Å². The van der Waals surface area contributed by atoms with Gasteiger partial charge in [-0.25, -0.2) is 4.98 Å². The first-order valence-corrected chi connectivity index (χ1v) is 5.34. The number of aryl methyl sites for hydroxylation is 1. The first-order valence-electron chi connectivity index (χ1n) is 5.34. The fourth-order valence-corrected chi connectivity index (χ4v) is 2.16. The summed E-state index contributed by atoms with van der Waals surface area (Å²) in [5.74, 6) is 0.350. The number of ether oxygens (including phenoxy) is 1. The van der Waals surface area contributed by atoms with Crippen LogP contribution in [0.2, 0.25) is 0 Å². The van der Waals surface area contributed by atoms with Crippen LogP contribution in [-0.4, -0.2) is 22.1 Å². The van der Waals surface area contributed by atoms with E-state index in [2.05, 4.69) is 4.98 Å². The van der Waals surface area contributed by atoms with E-state index < -0.39 is 0 Å². The van der Waals surface area contributed by atoms with E-state index in [0.717, 1.165) is 18.5 Å². The molecule has 5 heteroatoms. The summed E-state index contributed by atoms with van der Waals surface area (Å²) >= 11 is 0. The fraction of sp³-hybridized carbons (Fsp3) is 0.636. The molecular weight excluding hydrogens is 228 g/mol. The van der Waals surface area contributed by atoms with Gasteiger partial charge in [0.25, 0.3) is 0 Å². The Labute approximate surface area is 101 Å². The third-order valence-corrected chi connectivity index (χ3v) is 3.14. The number of nitrogens with zero attached hydrogens (tertiary/aromatic N) is 2. The van der Waals surface area contributed by atoms with Crippen molar-refractivity contribution < 1.29 is 21.9 Å². The molecule has 90 valence electrons. The minimum atomic E-state index is -0.0373.